The van der Waals surface area contributed by atoms with Crippen LogP contribution < -0.4 is 0 Å². The van der Waals surface area contributed by atoms with E-state index in [2.05, 4.69) is 4.89 Å². The average Bonchev–Trinajstić information content (AvgIpc) is 3.05. The highest BCUT2D eigenvalue weighted by Gasteiger charge is 2.56. The third-order valence-corrected chi connectivity index (χ3v) is 5.61. The summed E-state index contributed by atoms with van der Waals surface area (Å²) in [5, 5.41) is 20.0. The lowest BCUT2D eigenvalue weighted by molar-refractivity contribution is -0.297. The molecule has 2 N–H and O–H groups in total. The second-order valence-electron chi connectivity index (χ2n) is 8.22. The Morgan fingerprint density at radius 2 is 2.04 bits per heavy atom. The van der Waals surface area contributed by atoms with Crippen LogP contribution in [0.15, 0.2) is 36.0 Å². The van der Waals surface area contributed by atoms with Crippen LogP contribution in [0.3, 0.4) is 0 Å². The predicted molar refractivity (Wildman–Crippen MR) is 100 cm³/mol. The normalized spacial score (nSPS) is 34.6. The van der Waals surface area contributed by atoms with Crippen molar-refractivity contribution >= 4 is 11.8 Å². The molecule has 6 heteroatoms. The Morgan fingerprint density at radius 3 is 2.56 bits per heavy atom. The molecule has 0 aromatic heterocycles. The van der Waals surface area contributed by atoms with E-state index in [9.17, 15) is 14.7 Å². The minimum Gasteiger partial charge on any atom is -0.433 e. The second kappa shape index (κ2) is 8.09. The van der Waals surface area contributed by atoms with Gasteiger partial charge in [-0.3, -0.25) is 14.8 Å². The van der Waals surface area contributed by atoms with Gasteiger partial charge in [0.15, 0.2) is 5.78 Å². The Bertz CT molecular complexity index is 674. The zero-order valence-electron chi connectivity index (χ0n) is 16.6. The number of ketones is 1. The monoisotopic (exact) mass is 378 g/mol. The number of rotatable bonds is 6. The van der Waals surface area contributed by atoms with E-state index < -0.39 is 29.2 Å². The van der Waals surface area contributed by atoms with Crippen molar-refractivity contribution in [2.45, 2.75) is 58.8 Å². The summed E-state index contributed by atoms with van der Waals surface area (Å²) in [5.74, 6) is -3.31. The van der Waals surface area contributed by atoms with Gasteiger partial charge in [-0.15, -0.1) is 0 Å². The lowest BCUT2D eigenvalue weighted by Crippen LogP contribution is -2.46. The van der Waals surface area contributed by atoms with E-state index in [1.54, 1.807) is 32.1 Å². The molecule has 0 saturated heterocycles. The maximum atomic E-state index is 12.5. The summed E-state index contributed by atoms with van der Waals surface area (Å²) < 4.78 is 5.32. The Labute approximate surface area is 160 Å². The maximum Gasteiger partial charge on any atom is 0.305 e. The van der Waals surface area contributed by atoms with Crippen molar-refractivity contribution < 1.29 is 29.6 Å². The second-order valence-corrected chi connectivity index (χ2v) is 8.22. The molecule has 27 heavy (non-hydrogen) atoms. The van der Waals surface area contributed by atoms with Gasteiger partial charge >= 0.3 is 5.97 Å². The highest BCUT2D eigenvalue weighted by Crippen LogP contribution is 2.51. The van der Waals surface area contributed by atoms with Gasteiger partial charge in [0.25, 0.3) is 0 Å². The minimum absolute atomic E-state index is 0.0322. The van der Waals surface area contributed by atoms with Crippen molar-refractivity contribution in [1.82, 2.24) is 0 Å². The lowest BCUT2D eigenvalue weighted by Gasteiger charge is -2.37. The molecule has 0 aromatic rings. The lowest BCUT2D eigenvalue weighted by atomic mass is 9.73. The van der Waals surface area contributed by atoms with Crippen LogP contribution >= 0.6 is 0 Å². The summed E-state index contributed by atoms with van der Waals surface area (Å²) in [4.78, 5) is 28.4. The van der Waals surface area contributed by atoms with Gasteiger partial charge in [-0.2, -0.15) is 0 Å². The largest absolute Gasteiger partial charge is 0.433 e. The summed E-state index contributed by atoms with van der Waals surface area (Å²) in [7, 11) is 0. The van der Waals surface area contributed by atoms with Crippen LogP contribution in [-0.4, -0.2) is 33.5 Å². The standard InChI is InChI=1S/C21H30O6/c1-13(7-6-11-20(4,5)27-25)16-10-12-21(24,26-15(3)22)19(16)18-14(2)8-9-17(18)23/h6-9,11,14,16,18-19,24-25H,10,12H2,1-5H3/b11-6+,13-7+/t14-,16+,18-,19+,21+/m1/s1. The number of esters is 1. The molecule has 0 aromatic carbocycles. The van der Waals surface area contributed by atoms with Crippen molar-refractivity contribution in [1.29, 1.82) is 0 Å². The van der Waals surface area contributed by atoms with Crippen molar-refractivity contribution in [3.05, 3.63) is 36.0 Å². The van der Waals surface area contributed by atoms with E-state index >= 15 is 0 Å². The summed E-state index contributed by atoms with van der Waals surface area (Å²) >= 11 is 0. The molecular formula is C21H30O6. The van der Waals surface area contributed by atoms with Crippen LogP contribution in [0.1, 0.15) is 47.5 Å². The number of aliphatic hydroxyl groups is 1. The fraction of sp³-hybridized carbons (Fsp3) is 0.619. The van der Waals surface area contributed by atoms with Crippen molar-refractivity contribution in [3.8, 4) is 0 Å². The van der Waals surface area contributed by atoms with Gasteiger partial charge in [0.05, 0.1) is 0 Å². The highest BCUT2D eigenvalue weighted by molar-refractivity contribution is 5.95. The maximum absolute atomic E-state index is 12.5. The van der Waals surface area contributed by atoms with Gasteiger partial charge in [0.2, 0.25) is 5.79 Å². The van der Waals surface area contributed by atoms with E-state index in [0.717, 1.165) is 5.57 Å². The van der Waals surface area contributed by atoms with Gasteiger partial charge in [0.1, 0.15) is 5.60 Å². The minimum atomic E-state index is -1.65. The molecule has 0 aliphatic heterocycles. The van der Waals surface area contributed by atoms with Gasteiger partial charge in [-0.1, -0.05) is 36.8 Å². The third kappa shape index (κ3) is 4.75. The molecule has 1 saturated carbocycles. The first-order valence-electron chi connectivity index (χ1n) is 9.33. The number of ether oxygens (including phenoxy) is 1. The van der Waals surface area contributed by atoms with Crippen LogP contribution in [0.25, 0.3) is 0 Å². The molecule has 2 aliphatic carbocycles. The molecule has 0 unspecified atom stereocenters. The molecule has 5 atom stereocenters. The Hall–Kier alpha value is -1.76. The van der Waals surface area contributed by atoms with E-state index in [1.807, 2.05) is 26.0 Å². The number of allylic oxidation sites excluding steroid dienone is 5. The van der Waals surface area contributed by atoms with Crippen LogP contribution in [0.4, 0.5) is 0 Å². The first-order valence-corrected chi connectivity index (χ1v) is 9.33. The fourth-order valence-corrected chi connectivity index (χ4v) is 4.26. The van der Waals surface area contributed by atoms with Crippen molar-refractivity contribution in [2.75, 3.05) is 0 Å². The molecule has 0 amide bonds. The third-order valence-electron chi connectivity index (χ3n) is 5.61. The molecular weight excluding hydrogens is 348 g/mol. The van der Waals surface area contributed by atoms with Gasteiger partial charge in [0, 0.05) is 25.2 Å². The van der Waals surface area contributed by atoms with E-state index in [4.69, 9.17) is 9.99 Å². The SMILES string of the molecule is CC(=O)O[C@@]1(O)CC[C@@H](/C(C)=C/C=C/C(C)(C)OO)[C@H]1[C@H]1C(=O)C=C[C@H]1C. The Kier molecular flexibility index (Phi) is 6.45. The van der Waals surface area contributed by atoms with E-state index in [1.165, 1.54) is 6.92 Å². The molecule has 1 fully saturated rings. The summed E-state index contributed by atoms with van der Waals surface area (Å²) in [6.07, 6.45) is 9.68. The average molecular weight is 378 g/mol. The van der Waals surface area contributed by atoms with E-state index in [-0.39, 0.29) is 17.6 Å². The summed E-state index contributed by atoms with van der Waals surface area (Å²) in [6, 6.07) is 0. The number of hydrogen-bond acceptors (Lipinski definition) is 6. The zero-order valence-corrected chi connectivity index (χ0v) is 16.6. The van der Waals surface area contributed by atoms with Crippen LogP contribution in [0.2, 0.25) is 0 Å². The molecule has 150 valence electrons. The van der Waals surface area contributed by atoms with Crippen LogP contribution in [0.5, 0.6) is 0 Å². The molecule has 0 heterocycles. The number of carbonyl (C=O) groups excluding carboxylic acids is 2. The van der Waals surface area contributed by atoms with Gasteiger partial charge in [-0.05, 0) is 45.1 Å². The number of carbonyl (C=O) groups is 2. The molecule has 0 bridgehead atoms. The van der Waals surface area contributed by atoms with Crippen molar-refractivity contribution in [2.24, 2.45) is 23.7 Å². The van der Waals surface area contributed by atoms with E-state index in [0.29, 0.717) is 12.8 Å². The van der Waals surface area contributed by atoms with Gasteiger partial charge in [-0.25, -0.2) is 4.89 Å². The Morgan fingerprint density at radius 1 is 1.37 bits per heavy atom. The summed E-state index contributed by atoms with van der Waals surface area (Å²) in [6.45, 7) is 8.58. The molecule has 6 nitrogen and oxygen atoms in total. The zero-order chi connectivity index (χ0) is 20.4. The van der Waals surface area contributed by atoms with Gasteiger partial charge < -0.3 is 9.84 Å². The van der Waals surface area contributed by atoms with Crippen LogP contribution in [0, 0.1) is 23.7 Å². The smallest absolute Gasteiger partial charge is 0.305 e. The Balaban J connectivity index is 2.34. The quantitative estimate of drug-likeness (QED) is 0.242. The fourth-order valence-electron chi connectivity index (χ4n) is 4.26. The van der Waals surface area contributed by atoms with Crippen LogP contribution in [-0.2, 0) is 19.2 Å². The summed E-state index contributed by atoms with van der Waals surface area (Å²) in [5.41, 5.74) is 0.157. The first-order chi connectivity index (χ1) is 12.5. The number of hydrogen-bond donors (Lipinski definition) is 2. The molecule has 2 aliphatic rings. The predicted octanol–water partition coefficient (Wildman–Crippen LogP) is 3.43. The highest BCUT2D eigenvalue weighted by atomic mass is 17.1. The van der Waals surface area contributed by atoms with Crippen molar-refractivity contribution in [3.63, 3.8) is 0 Å². The first kappa shape index (κ1) is 21.5. The topological polar surface area (TPSA) is 93.1 Å². The molecule has 2 rings (SSSR count). The molecule has 0 radical (unpaired) electrons. The molecule has 0 spiro atoms.